The quantitative estimate of drug-likeness (QED) is 0.464. The lowest BCUT2D eigenvalue weighted by Gasteiger charge is -2.38. The van der Waals surface area contributed by atoms with E-state index in [1.54, 1.807) is 18.2 Å². The number of likely N-dealkylation sites (tertiary alicyclic amines) is 1. The Morgan fingerprint density at radius 2 is 1.88 bits per heavy atom. The minimum absolute atomic E-state index is 0.541. The summed E-state index contributed by atoms with van der Waals surface area (Å²) in [6.07, 6.45) is 3.83. The van der Waals surface area contributed by atoms with Gasteiger partial charge in [-0.15, -0.1) is 0 Å². The first-order valence-corrected chi connectivity index (χ1v) is 9.64. The highest BCUT2D eigenvalue weighted by molar-refractivity contribution is 7.45. The number of rotatable bonds is 4. The third-order valence-electron chi connectivity index (χ3n) is 4.11. The molecule has 0 aliphatic carbocycles. The van der Waals surface area contributed by atoms with Crippen LogP contribution in [0.1, 0.15) is 38.7 Å². The third kappa shape index (κ3) is 8.34. The second kappa shape index (κ2) is 9.76. The molecule has 5 N–H and O–H groups in total. The van der Waals surface area contributed by atoms with Gasteiger partial charge in [-0.25, -0.2) is 4.57 Å². The average Bonchev–Trinajstić information content (AvgIpc) is 2.49. The molecule has 0 saturated carbocycles. The van der Waals surface area contributed by atoms with E-state index in [1.807, 2.05) is 0 Å². The van der Waals surface area contributed by atoms with Crippen molar-refractivity contribution in [1.82, 2.24) is 4.90 Å². The van der Waals surface area contributed by atoms with Gasteiger partial charge in [-0.3, -0.25) is 4.90 Å². The fourth-order valence-electron chi connectivity index (χ4n) is 2.93. The topological polar surface area (TPSA) is 140 Å². The van der Waals surface area contributed by atoms with Crippen molar-refractivity contribution in [2.75, 3.05) is 18.9 Å². The predicted molar refractivity (Wildman–Crippen MR) is 94.8 cm³/mol. The predicted octanol–water partition coefficient (Wildman–Crippen LogP) is 1.85. The maximum atomic E-state index is 9.06. The highest BCUT2D eigenvalue weighted by Gasteiger charge is 2.24. The van der Waals surface area contributed by atoms with Crippen LogP contribution in [0.5, 0.6) is 5.75 Å². The van der Waals surface area contributed by atoms with E-state index in [1.165, 1.54) is 19.3 Å². The molecule has 0 radical (unpaired) electrons. The van der Waals surface area contributed by atoms with Gasteiger partial charge in [0.2, 0.25) is 0 Å². The van der Waals surface area contributed by atoms with Crippen molar-refractivity contribution in [3.8, 4) is 11.8 Å². The standard InChI is InChI=1S/C16H23N3O.H3O4P/c1-12-4-3-5-13(2)19(12)8-9-20-16-10-15(18)7-6-14(16)11-17;1-5(2,3)4/h6-7,10,12-13H,3-5,8-9,18H2,1-2H3;(H3,1,2,3,4). The highest BCUT2D eigenvalue weighted by Crippen LogP contribution is 2.26. The van der Waals surface area contributed by atoms with Gasteiger partial charge in [0.1, 0.15) is 18.4 Å². The molecule has 1 aromatic rings. The number of hydrogen-bond acceptors (Lipinski definition) is 5. The molecule has 9 heteroatoms. The Morgan fingerprint density at radius 3 is 2.40 bits per heavy atom. The Bertz CT molecular complexity index is 625. The van der Waals surface area contributed by atoms with Crippen molar-refractivity contribution in [2.24, 2.45) is 0 Å². The van der Waals surface area contributed by atoms with E-state index in [2.05, 4.69) is 24.8 Å². The van der Waals surface area contributed by atoms with Crippen LogP contribution in [-0.2, 0) is 4.57 Å². The molecule has 140 valence electrons. The minimum atomic E-state index is -4.64. The number of benzene rings is 1. The van der Waals surface area contributed by atoms with Crippen molar-refractivity contribution in [1.29, 1.82) is 5.26 Å². The smallest absolute Gasteiger partial charge is 0.466 e. The summed E-state index contributed by atoms with van der Waals surface area (Å²) in [4.78, 5) is 24.1. The molecule has 8 nitrogen and oxygen atoms in total. The number of piperidine rings is 1. The molecule has 2 rings (SSSR count). The number of nitrogen functional groups attached to an aromatic ring is 1. The third-order valence-corrected chi connectivity index (χ3v) is 4.11. The van der Waals surface area contributed by atoms with E-state index < -0.39 is 7.82 Å². The molecule has 0 aromatic heterocycles. The summed E-state index contributed by atoms with van der Waals surface area (Å²) in [6.45, 7) is 6.03. The molecule has 0 spiro atoms. The van der Waals surface area contributed by atoms with E-state index in [4.69, 9.17) is 35.0 Å². The molecule has 1 fully saturated rings. The SMILES string of the molecule is CC1CCCC(C)N1CCOc1cc(N)ccc1C#N.O=P(O)(O)O. The second-order valence-corrected chi connectivity index (χ2v) is 7.12. The van der Waals surface area contributed by atoms with E-state index in [0.29, 0.717) is 35.7 Å². The van der Waals surface area contributed by atoms with Crippen molar-refractivity contribution in [3.05, 3.63) is 23.8 Å². The fraction of sp³-hybridized carbons (Fsp3) is 0.562. The molecule has 2 unspecified atom stereocenters. The summed E-state index contributed by atoms with van der Waals surface area (Å²) >= 11 is 0. The lowest BCUT2D eigenvalue weighted by Crippen LogP contribution is -2.45. The lowest BCUT2D eigenvalue weighted by molar-refractivity contribution is 0.0851. The van der Waals surface area contributed by atoms with E-state index in [9.17, 15) is 0 Å². The lowest BCUT2D eigenvalue weighted by atomic mass is 9.98. The Labute approximate surface area is 148 Å². The van der Waals surface area contributed by atoms with E-state index in [0.717, 1.165) is 6.54 Å². The molecule has 1 heterocycles. The molecule has 1 saturated heterocycles. The van der Waals surface area contributed by atoms with E-state index >= 15 is 0 Å². The Morgan fingerprint density at radius 1 is 1.32 bits per heavy atom. The number of nitriles is 1. The Balaban J connectivity index is 0.000000550. The van der Waals surface area contributed by atoms with Gasteiger partial charge in [-0.05, 0) is 38.8 Å². The van der Waals surface area contributed by atoms with Crippen molar-refractivity contribution in [3.63, 3.8) is 0 Å². The normalized spacial score (nSPS) is 21.0. The van der Waals surface area contributed by atoms with Crippen molar-refractivity contribution >= 4 is 13.5 Å². The summed E-state index contributed by atoms with van der Waals surface area (Å²) in [7, 11) is -4.64. The maximum absolute atomic E-state index is 9.06. The van der Waals surface area contributed by atoms with Gasteiger partial charge in [-0.1, -0.05) is 6.42 Å². The molecule has 0 amide bonds. The van der Waals surface area contributed by atoms with Crippen LogP contribution in [0.3, 0.4) is 0 Å². The van der Waals surface area contributed by atoms with Crippen LogP contribution in [0.25, 0.3) is 0 Å². The summed E-state index contributed by atoms with van der Waals surface area (Å²) in [6, 6.07) is 8.51. The van der Waals surface area contributed by atoms with Crippen LogP contribution in [-0.4, -0.2) is 44.8 Å². The Hall–Kier alpha value is -1.62. The zero-order valence-corrected chi connectivity index (χ0v) is 15.4. The molecule has 1 aromatic carbocycles. The van der Waals surface area contributed by atoms with E-state index in [-0.39, 0.29) is 0 Å². The summed E-state index contributed by atoms with van der Waals surface area (Å²) in [5.41, 5.74) is 6.91. The Kier molecular flexibility index (Phi) is 8.36. The number of hydrogen-bond donors (Lipinski definition) is 4. The van der Waals surface area contributed by atoms with Crippen LogP contribution in [0.4, 0.5) is 5.69 Å². The van der Waals surface area contributed by atoms with Gasteiger partial charge in [0, 0.05) is 30.4 Å². The van der Waals surface area contributed by atoms with Crippen LogP contribution in [0.2, 0.25) is 0 Å². The first-order chi connectivity index (χ1) is 11.6. The highest BCUT2D eigenvalue weighted by atomic mass is 31.2. The molecular formula is C16H26N3O5P. The summed E-state index contributed by atoms with van der Waals surface area (Å²) in [5.74, 6) is 0.588. The van der Waals surface area contributed by atoms with Crippen LogP contribution < -0.4 is 10.5 Å². The van der Waals surface area contributed by atoms with Gasteiger partial charge >= 0.3 is 7.82 Å². The minimum Gasteiger partial charge on any atom is -0.491 e. The van der Waals surface area contributed by atoms with Gasteiger partial charge < -0.3 is 25.2 Å². The van der Waals surface area contributed by atoms with Crippen molar-refractivity contribution in [2.45, 2.75) is 45.2 Å². The second-order valence-electron chi connectivity index (χ2n) is 6.10. The van der Waals surface area contributed by atoms with Crippen LogP contribution in [0, 0.1) is 11.3 Å². The van der Waals surface area contributed by atoms with Gasteiger partial charge in [0.15, 0.2) is 0 Å². The van der Waals surface area contributed by atoms with Crippen LogP contribution in [0.15, 0.2) is 18.2 Å². The summed E-state index contributed by atoms with van der Waals surface area (Å²) in [5, 5.41) is 9.06. The van der Waals surface area contributed by atoms with Crippen LogP contribution >= 0.6 is 7.82 Å². The monoisotopic (exact) mass is 371 g/mol. The first-order valence-electron chi connectivity index (χ1n) is 8.08. The first kappa shape index (κ1) is 21.4. The number of anilines is 1. The largest absolute Gasteiger partial charge is 0.491 e. The summed E-state index contributed by atoms with van der Waals surface area (Å²) < 4.78 is 14.6. The van der Waals surface area contributed by atoms with Gasteiger partial charge in [0.05, 0.1) is 5.56 Å². The molecule has 1 aliphatic rings. The maximum Gasteiger partial charge on any atom is 0.466 e. The zero-order valence-electron chi connectivity index (χ0n) is 14.5. The van der Waals surface area contributed by atoms with Gasteiger partial charge in [0.25, 0.3) is 0 Å². The van der Waals surface area contributed by atoms with Gasteiger partial charge in [-0.2, -0.15) is 5.26 Å². The fourth-order valence-corrected chi connectivity index (χ4v) is 2.93. The molecule has 0 bridgehead atoms. The number of nitrogens with two attached hydrogens (primary N) is 1. The average molecular weight is 371 g/mol. The van der Waals surface area contributed by atoms with Crippen molar-refractivity contribution < 1.29 is 24.0 Å². The zero-order chi connectivity index (χ0) is 19.0. The number of nitrogens with zero attached hydrogens (tertiary/aromatic N) is 2. The molecular weight excluding hydrogens is 345 g/mol. The molecule has 2 atom stereocenters. The number of phosphoric acid groups is 1. The number of ether oxygens (including phenoxy) is 1. The molecule has 25 heavy (non-hydrogen) atoms. The molecule has 1 aliphatic heterocycles.